The summed E-state index contributed by atoms with van der Waals surface area (Å²) in [5, 5.41) is 10.4. The predicted octanol–water partition coefficient (Wildman–Crippen LogP) is 5.71. The van der Waals surface area contributed by atoms with Crippen LogP contribution in [0.1, 0.15) is 15.2 Å². The van der Waals surface area contributed by atoms with Crippen molar-refractivity contribution in [1.29, 1.82) is 0 Å². The molecule has 3 nitrogen and oxygen atoms in total. The Hall–Kier alpha value is -1.59. The van der Waals surface area contributed by atoms with Gasteiger partial charge in [0.25, 0.3) is 0 Å². The molecule has 2 aromatic heterocycles. The quantitative estimate of drug-likeness (QED) is 0.465. The minimum Gasteiger partial charge on any atom is -0.504 e. The van der Waals surface area contributed by atoms with Crippen LogP contribution in [0.15, 0.2) is 42.6 Å². The summed E-state index contributed by atoms with van der Waals surface area (Å²) >= 11 is 18.9. The molecule has 0 radical (unpaired) electrons. The third-order valence-electron chi connectivity index (χ3n) is 3.15. The Morgan fingerprint density at radius 3 is 2.43 bits per heavy atom. The molecule has 7 heteroatoms. The van der Waals surface area contributed by atoms with Gasteiger partial charge in [-0.1, -0.05) is 34.8 Å². The topological polar surface area (TPSA) is 50.2 Å². The summed E-state index contributed by atoms with van der Waals surface area (Å²) < 4.78 is 0. The lowest BCUT2D eigenvalue weighted by Gasteiger charge is -2.04. The highest BCUT2D eigenvalue weighted by molar-refractivity contribution is 7.17. The lowest BCUT2D eigenvalue weighted by molar-refractivity contribution is 0.104. The van der Waals surface area contributed by atoms with Crippen molar-refractivity contribution in [2.75, 3.05) is 0 Å². The van der Waals surface area contributed by atoms with Gasteiger partial charge in [-0.25, -0.2) is 4.98 Å². The van der Waals surface area contributed by atoms with E-state index in [4.69, 9.17) is 34.8 Å². The summed E-state index contributed by atoms with van der Waals surface area (Å²) in [5.74, 6) is -0.384. The van der Waals surface area contributed by atoms with Crippen LogP contribution in [-0.2, 0) is 0 Å². The molecule has 2 heterocycles. The highest BCUT2D eigenvalue weighted by atomic mass is 35.5. The lowest BCUT2D eigenvalue weighted by atomic mass is 10.1. The van der Waals surface area contributed by atoms with Crippen LogP contribution in [0.4, 0.5) is 0 Å². The Morgan fingerprint density at radius 1 is 1.04 bits per heavy atom. The number of aromatic hydroxyl groups is 1. The van der Waals surface area contributed by atoms with Crippen molar-refractivity contribution in [2.24, 2.45) is 0 Å². The number of rotatable bonds is 3. The van der Waals surface area contributed by atoms with Crippen LogP contribution in [0.2, 0.25) is 15.2 Å². The number of aromatic nitrogens is 1. The molecule has 0 aliphatic heterocycles. The Kier molecular flexibility index (Phi) is 4.60. The molecule has 0 fully saturated rings. The van der Waals surface area contributed by atoms with Crippen molar-refractivity contribution in [3.63, 3.8) is 0 Å². The van der Waals surface area contributed by atoms with Crippen molar-refractivity contribution in [1.82, 2.24) is 4.98 Å². The van der Waals surface area contributed by atoms with Gasteiger partial charge in [0.1, 0.15) is 0 Å². The number of carbonyl (C=O) groups excluding carboxylic acids is 1. The number of benzene rings is 1. The second-order valence-corrected chi connectivity index (χ2v) is 6.88. The van der Waals surface area contributed by atoms with E-state index in [1.165, 1.54) is 17.5 Å². The smallest absolute Gasteiger partial charge is 0.202 e. The van der Waals surface area contributed by atoms with Gasteiger partial charge in [0, 0.05) is 27.2 Å². The summed E-state index contributed by atoms with van der Waals surface area (Å²) in [6, 6.07) is 10.1. The Bertz CT molecular complexity index is 891. The average molecular weight is 385 g/mol. The van der Waals surface area contributed by atoms with Gasteiger partial charge in [0.05, 0.1) is 9.90 Å². The molecule has 23 heavy (non-hydrogen) atoms. The fraction of sp³-hybridized carbons (Fsp3) is 0. The first-order chi connectivity index (χ1) is 11.0. The van der Waals surface area contributed by atoms with Gasteiger partial charge in [0.15, 0.2) is 10.9 Å². The van der Waals surface area contributed by atoms with E-state index in [0.29, 0.717) is 25.9 Å². The summed E-state index contributed by atoms with van der Waals surface area (Å²) in [5.41, 5.74) is 1.07. The molecule has 0 saturated carbocycles. The van der Waals surface area contributed by atoms with E-state index in [2.05, 4.69) is 4.98 Å². The molecule has 1 N–H and O–H groups in total. The second-order valence-electron chi connectivity index (χ2n) is 4.63. The largest absolute Gasteiger partial charge is 0.504 e. The van der Waals surface area contributed by atoms with Crippen LogP contribution >= 0.6 is 46.1 Å². The summed E-state index contributed by atoms with van der Waals surface area (Å²) in [4.78, 5) is 17.6. The number of hydrogen-bond acceptors (Lipinski definition) is 4. The standard InChI is InChI=1S/C16H8Cl3NO2S/c17-9-3-1-8(2-4-9)14(21)12-6-5-11(23-12)10-7-20-16(19)15(22)13(10)18/h1-7,22H. The molecular formula is C16H8Cl3NO2S. The third-order valence-corrected chi connectivity index (χ3v) is 5.18. The number of pyridine rings is 1. The van der Waals surface area contributed by atoms with E-state index in [1.807, 2.05) is 0 Å². The molecule has 3 aromatic rings. The predicted molar refractivity (Wildman–Crippen MR) is 94.1 cm³/mol. The first kappa shape index (κ1) is 16.3. The number of ketones is 1. The fourth-order valence-corrected chi connectivity index (χ4v) is 3.58. The molecule has 0 amide bonds. The van der Waals surface area contributed by atoms with E-state index in [0.717, 1.165) is 0 Å². The van der Waals surface area contributed by atoms with E-state index in [1.54, 1.807) is 36.4 Å². The normalized spacial score (nSPS) is 10.7. The molecular weight excluding hydrogens is 377 g/mol. The van der Waals surface area contributed by atoms with Gasteiger partial charge in [-0.3, -0.25) is 4.79 Å². The zero-order valence-electron chi connectivity index (χ0n) is 11.4. The van der Waals surface area contributed by atoms with Crippen molar-refractivity contribution >= 4 is 51.9 Å². The molecule has 0 atom stereocenters. The highest BCUT2D eigenvalue weighted by Gasteiger charge is 2.17. The molecule has 0 aliphatic rings. The van der Waals surface area contributed by atoms with Gasteiger partial charge in [-0.05, 0) is 36.4 Å². The van der Waals surface area contributed by atoms with Gasteiger partial charge in [-0.2, -0.15) is 0 Å². The van der Waals surface area contributed by atoms with Crippen molar-refractivity contribution in [3.05, 3.63) is 68.2 Å². The van der Waals surface area contributed by atoms with Crippen LogP contribution in [0.25, 0.3) is 10.4 Å². The molecule has 0 unspecified atom stereocenters. The Balaban J connectivity index is 1.96. The van der Waals surface area contributed by atoms with E-state index < -0.39 is 0 Å². The minimum absolute atomic E-state index is 0.0622. The van der Waals surface area contributed by atoms with Crippen molar-refractivity contribution in [3.8, 4) is 16.2 Å². The molecule has 0 spiro atoms. The maximum Gasteiger partial charge on any atom is 0.202 e. The van der Waals surface area contributed by atoms with E-state index in [-0.39, 0.29) is 21.7 Å². The molecule has 116 valence electrons. The lowest BCUT2D eigenvalue weighted by Crippen LogP contribution is -1.97. The molecule has 1 aromatic carbocycles. The van der Waals surface area contributed by atoms with Crippen LogP contribution in [-0.4, -0.2) is 15.9 Å². The van der Waals surface area contributed by atoms with Gasteiger partial charge >= 0.3 is 0 Å². The summed E-state index contributed by atoms with van der Waals surface area (Å²) in [6.45, 7) is 0. The number of nitrogens with zero attached hydrogens (tertiary/aromatic N) is 1. The first-order valence-corrected chi connectivity index (χ1v) is 8.36. The van der Waals surface area contributed by atoms with E-state index >= 15 is 0 Å². The number of thiophene rings is 1. The first-order valence-electron chi connectivity index (χ1n) is 6.41. The van der Waals surface area contributed by atoms with Crippen LogP contribution < -0.4 is 0 Å². The molecule has 0 aliphatic carbocycles. The molecule has 3 rings (SSSR count). The van der Waals surface area contributed by atoms with E-state index in [9.17, 15) is 9.90 Å². The number of halogens is 3. The Morgan fingerprint density at radius 2 is 1.74 bits per heavy atom. The Labute approximate surface area is 151 Å². The van der Waals surface area contributed by atoms with Gasteiger partial charge in [-0.15, -0.1) is 11.3 Å². The van der Waals surface area contributed by atoms with Crippen molar-refractivity contribution < 1.29 is 9.90 Å². The summed E-state index contributed by atoms with van der Waals surface area (Å²) in [6.07, 6.45) is 1.47. The second kappa shape index (κ2) is 6.49. The number of carbonyl (C=O) groups is 1. The zero-order chi connectivity index (χ0) is 16.6. The average Bonchev–Trinajstić information content (AvgIpc) is 3.02. The molecule has 0 saturated heterocycles. The van der Waals surface area contributed by atoms with Crippen LogP contribution in [0.3, 0.4) is 0 Å². The summed E-state index contributed by atoms with van der Waals surface area (Å²) in [7, 11) is 0. The minimum atomic E-state index is -0.273. The van der Waals surface area contributed by atoms with Crippen LogP contribution in [0, 0.1) is 0 Å². The maximum atomic E-state index is 12.5. The zero-order valence-corrected chi connectivity index (χ0v) is 14.5. The maximum absolute atomic E-state index is 12.5. The third kappa shape index (κ3) is 3.21. The van der Waals surface area contributed by atoms with Gasteiger partial charge < -0.3 is 5.11 Å². The highest BCUT2D eigenvalue weighted by Crippen LogP contribution is 2.40. The monoisotopic (exact) mass is 383 g/mol. The van der Waals surface area contributed by atoms with Crippen molar-refractivity contribution in [2.45, 2.75) is 0 Å². The molecule has 0 bridgehead atoms. The fourth-order valence-electron chi connectivity index (χ4n) is 1.98. The SMILES string of the molecule is O=C(c1ccc(Cl)cc1)c1ccc(-c2cnc(Cl)c(O)c2Cl)s1. The number of hydrogen-bond donors (Lipinski definition) is 1. The van der Waals surface area contributed by atoms with Crippen LogP contribution in [0.5, 0.6) is 5.75 Å². The van der Waals surface area contributed by atoms with Gasteiger partial charge in [0.2, 0.25) is 5.78 Å².